The Bertz CT molecular complexity index is 44.1. The van der Waals surface area contributed by atoms with Crippen LogP contribution in [0.4, 0.5) is 0 Å². The molecule has 0 aliphatic heterocycles. The second kappa shape index (κ2) is 5.75. The molecule has 3 nitrogen and oxygen atoms in total. The number of carboxylic acid groups (broad SMARTS) is 1. The van der Waals surface area contributed by atoms with Gasteiger partial charge in [-0.1, -0.05) is 0 Å². The van der Waals surface area contributed by atoms with Crippen molar-refractivity contribution in [1.82, 2.24) is 0 Å². The topological polar surface area (TPSA) is 57.5 Å². The summed E-state index contributed by atoms with van der Waals surface area (Å²) >= 11 is 0. The second-order valence-corrected chi connectivity index (χ2v) is 0.552. The minimum Gasteiger partial charge on any atom is -0.480 e. The van der Waals surface area contributed by atoms with Gasteiger partial charge < -0.3 is 10.2 Å². The van der Waals surface area contributed by atoms with Crippen LogP contribution >= 0.6 is 0 Å². The second-order valence-electron chi connectivity index (χ2n) is 0.552. The molecule has 0 unspecified atom stereocenters. The van der Waals surface area contributed by atoms with Crippen LogP contribution in [0.25, 0.3) is 0 Å². The molecular weight excluding hydrogens is 304 g/mol. The van der Waals surface area contributed by atoms with E-state index in [1.54, 1.807) is 0 Å². The number of aliphatic hydroxyl groups is 1. The molecular formula is C2H4O3Th. The van der Waals surface area contributed by atoms with Gasteiger partial charge in [-0.25, -0.2) is 4.79 Å². The Hall–Kier alpha value is 0.755. The number of aliphatic carboxylic acids is 1. The van der Waals surface area contributed by atoms with Crippen molar-refractivity contribution in [2.45, 2.75) is 0 Å². The molecule has 0 atom stereocenters. The normalized spacial score (nSPS) is 6.17. The van der Waals surface area contributed by atoms with E-state index in [4.69, 9.17) is 15.0 Å². The van der Waals surface area contributed by atoms with Gasteiger partial charge in [0.25, 0.3) is 0 Å². The van der Waals surface area contributed by atoms with E-state index in [0.717, 1.165) is 0 Å². The molecule has 0 aliphatic carbocycles. The Labute approximate surface area is 67.0 Å². The van der Waals surface area contributed by atoms with Crippen LogP contribution in [0.15, 0.2) is 0 Å². The van der Waals surface area contributed by atoms with Crippen LogP contribution in [-0.4, -0.2) is 22.8 Å². The predicted octanol–water partition coefficient (Wildman–Crippen LogP) is -0.937. The van der Waals surface area contributed by atoms with E-state index in [0.29, 0.717) is 0 Å². The number of carbonyl (C=O) groups is 1. The van der Waals surface area contributed by atoms with Crippen LogP contribution in [0.3, 0.4) is 0 Å². The van der Waals surface area contributed by atoms with E-state index >= 15 is 0 Å². The molecule has 6 heavy (non-hydrogen) atoms. The molecule has 0 saturated carbocycles. The molecule has 0 bridgehead atoms. The Morgan fingerprint density at radius 1 is 1.67 bits per heavy atom. The maximum atomic E-state index is 9.12. The maximum absolute atomic E-state index is 9.12. The zero-order valence-corrected chi connectivity index (χ0v) is 7.12. The average Bonchev–Trinajstić information content (AvgIpc) is 1.38. The van der Waals surface area contributed by atoms with Crippen molar-refractivity contribution in [2.75, 3.05) is 6.61 Å². The zero-order chi connectivity index (χ0) is 4.28. The number of aliphatic hydroxyl groups excluding tert-OH is 1. The molecule has 0 aromatic rings. The number of hydrogen-bond acceptors (Lipinski definition) is 2. The van der Waals surface area contributed by atoms with E-state index in [9.17, 15) is 0 Å². The van der Waals surface area contributed by atoms with Gasteiger partial charge in [-0.3, -0.25) is 0 Å². The molecule has 0 aliphatic rings. The molecule has 0 amide bonds. The van der Waals surface area contributed by atoms with Crippen molar-refractivity contribution >= 4 is 5.97 Å². The van der Waals surface area contributed by atoms with Crippen LogP contribution in [0.2, 0.25) is 0 Å². The molecule has 0 aromatic heterocycles. The molecule has 0 fully saturated rings. The third-order valence-electron chi connectivity index (χ3n) is 0.135. The number of rotatable bonds is 1. The summed E-state index contributed by atoms with van der Waals surface area (Å²) in [5, 5.41) is 15.0. The Kier molecular flexibility index (Phi) is 9.49. The predicted molar refractivity (Wildman–Crippen MR) is 14.7 cm³/mol. The molecule has 0 aromatic carbocycles. The summed E-state index contributed by atoms with van der Waals surface area (Å²) in [5.74, 6) is -1.19. The van der Waals surface area contributed by atoms with Gasteiger partial charge in [0.1, 0.15) is 6.61 Å². The standard InChI is InChI=1S/C2H4O3.Th/c3-1-2(4)5;/h3H,1H2,(H,4,5);. The maximum Gasteiger partial charge on any atom is 0.329 e. The van der Waals surface area contributed by atoms with Crippen molar-refractivity contribution in [3.05, 3.63) is 0 Å². The molecule has 0 spiro atoms. The van der Waals surface area contributed by atoms with Gasteiger partial charge in [-0.15, -0.1) is 0 Å². The fourth-order valence-corrected chi connectivity index (χ4v) is 0. The zero-order valence-electron chi connectivity index (χ0n) is 3.01. The SMILES string of the molecule is O=C(O)CO.[Th]. The molecule has 0 radical (unpaired) electrons. The van der Waals surface area contributed by atoms with Crippen LogP contribution in [-0.2, 0) is 4.79 Å². The monoisotopic (exact) mass is 308 g/mol. The van der Waals surface area contributed by atoms with Crippen molar-refractivity contribution in [1.29, 1.82) is 0 Å². The van der Waals surface area contributed by atoms with Crippen molar-refractivity contribution < 1.29 is 54.9 Å². The van der Waals surface area contributed by atoms with Gasteiger partial charge in [0, 0.05) is 39.9 Å². The third kappa shape index (κ3) is 8.83. The smallest absolute Gasteiger partial charge is 0.329 e. The summed E-state index contributed by atoms with van der Waals surface area (Å²) in [6.45, 7) is -0.778. The fraction of sp³-hybridized carbons (Fsp3) is 0.500. The number of hydrogen-bond donors (Lipinski definition) is 2. The summed E-state index contributed by atoms with van der Waals surface area (Å²) in [7, 11) is 0. The molecule has 34 valence electrons. The molecule has 0 rings (SSSR count). The molecule has 0 heterocycles. The van der Waals surface area contributed by atoms with Gasteiger partial charge in [-0.2, -0.15) is 0 Å². The summed E-state index contributed by atoms with van der Waals surface area (Å²) in [6.07, 6.45) is 0. The summed E-state index contributed by atoms with van der Waals surface area (Å²) in [6, 6.07) is 0. The Balaban J connectivity index is 0. The van der Waals surface area contributed by atoms with Crippen molar-refractivity contribution in [3.63, 3.8) is 0 Å². The van der Waals surface area contributed by atoms with E-state index in [1.807, 2.05) is 0 Å². The minimum absolute atomic E-state index is 0. The van der Waals surface area contributed by atoms with Crippen LogP contribution < -0.4 is 0 Å². The largest absolute Gasteiger partial charge is 0.480 e. The molecule has 4 heteroatoms. The minimum atomic E-state index is -1.19. The van der Waals surface area contributed by atoms with Gasteiger partial charge in [0.15, 0.2) is 0 Å². The third-order valence-corrected chi connectivity index (χ3v) is 0.135. The molecule has 2 N–H and O–H groups in total. The Morgan fingerprint density at radius 2 is 1.83 bits per heavy atom. The summed E-state index contributed by atoms with van der Waals surface area (Å²) in [4.78, 5) is 9.12. The van der Waals surface area contributed by atoms with Gasteiger partial charge in [0.2, 0.25) is 0 Å². The first-order valence-electron chi connectivity index (χ1n) is 1.10. The van der Waals surface area contributed by atoms with E-state index in [-0.39, 0.29) is 39.9 Å². The molecule has 0 saturated heterocycles. The van der Waals surface area contributed by atoms with E-state index in [1.165, 1.54) is 0 Å². The van der Waals surface area contributed by atoms with Gasteiger partial charge >= 0.3 is 5.97 Å². The van der Waals surface area contributed by atoms with Crippen molar-refractivity contribution in [2.24, 2.45) is 0 Å². The first-order valence-corrected chi connectivity index (χ1v) is 1.10. The van der Waals surface area contributed by atoms with Gasteiger partial charge in [-0.05, 0) is 0 Å². The number of carboxylic acids is 1. The van der Waals surface area contributed by atoms with Crippen molar-refractivity contribution in [3.8, 4) is 0 Å². The van der Waals surface area contributed by atoms with E-state index in [2.05, 4.69) is 0 Å². The van der Waals surface area contributed by atoms with E-state index < -0.39 is 12.6 Å². The van der Waals surface area contributed by atoms with Crippen LogP contribution in [0.1, 0.15) is 0 Å². The summed E-state index contributed by atoms with van der Waals surface area (Å²) in [5.41, 5.74) is 0. The Morgan fingerprint density at radius 3 is 1.83 bits per heavy atom. The first kappa shape index (κ1) is 9.89. The summed E-state index contributed by atoms with van der Waals surface area (Å²) < 4.78 is 0. The van der Waals surface area contributed by atoms with Crippen LogP contribution in [0.5, 0.6) is 0 Å². The fourth-order valence-electron chi connectivity index (χ4n) is 0. The van der Waals surface area contributed by atoms with Crippen LogP contribution in [0, 0.1) is 39.9 Å². The first-order chi connectivity index (χ1) is 2.27. The quantitative estimate of drug-likeness (QED) is 0.658. The average molecular weight is 308 g/mol. The van der Waals surface area contributed by atoms with Gasteiger partial charge in [0.05, 0.1) is 0 Å².